The minimum absolute atomic E-state index is 0.0691. The van der Waals surface area contributed by atoms with Crippen LogP contribution in [0.5, 0.6) is 0 Å². The number of amides is 1. The Labute approximate surface area is 189 Å². The van der Waals surface area contributed by atoms with Gasteiger partial charge in [0.05, 0.1) is 6.20 Å². The van der Waals surface area contributed by atoms with E-state index in [2.05, 4.69) is 53.3 Å². The number of carbonyl (C=O) groups is 1. The van der Waals surface area contributed by atoms with Crippen LogP contribution in [0.1, 0.15) is 26.3 Å². The zero-order valence-corrected chi connectivity index (χ0v) is 19.0. The van der Waals surface area contributed by atoms with E-state index in [4.69, 9.17) is 16.3 Å². The first-order valence-electron chi connectivity index (χ1n) is 10.1. The highest BCUT2D eigenvalue weighted by Gasteiger charge is 2.07. The number of allylic oxidation sites excluding steroid dienone is 1. The third kappa shape index (κ3) is 9.53. The first kappa shape index (κ1) is 24.2. The van der Waals surface area contributed by atoms with Crippen molar-refractivity contribution in [3.05, 3.63) is 65.9 Å². The number of carbonyl (C=O) groups excluding carboxylic acids is 1. The van der Waals surface area contributed by atoms with Crippen LogP contribution in [-0.4, -0.2) is 35.8 Å². The van der Waals surface area contributed by atoms with Crippen molar-refractivity contribution in [3.8, 4) is 0 Å². The molecule has 1 aromatic heterocycles. The quantitative estimate of drug-likeness (QED) is 0.429. The fraction of sp³-hybridized carbons (Fsp3) is 0.348. The molecule has 0 aliphatic heterocycles. The second-order valence-corrected chi connectivity index (χ2v) is 8.34. The summed E-state index contributed by atoms with van der Waals surface area (Å²) in [5.41, 5.74) is 1.96. The third-order valence-electron chi connectivity index (χ3n) is 3.95. The molecule has 0 aliphatic carbocycles. The van der Waals surface area contributed by atoms with Crippen molar-refractivity contribution < 1.29 is 9.53 Å². The van der Waals surface area contributed by atoms with Crippen LogP contribution in [0.4, 0.5) is 22.2 Å². The van der Waals surface area contributed by atoms with Gasteiger partial charge in [-0.1, -0.05) is 62.7 Å². The maximum Gasteiger partial charge on any atom is 0.407 e. The Morgan fingerprint density at radius 3 is 2.87 bits per heavy atom. The lowest BCUT2D eigenvalue weighted by Gasteiger charge is -2.11. The number of aromatic nitrogens is 2. The Hall–Kier alpha value is -3.06. The lowest BCUT2D eigenvalue weighted by atomic mass is 9.96. The summed E-state index contributed by atoms with van der Waals surface area (Å²) in [4.78, 5) is 20.4. The highest BCUT2D eigenvalue weighted by Crippen LogP contribution is 2.21. The van der Waals surface area contributed by atoms with Gasteiger partial charge in [-0.2, -0.15) is 4.98 Å². The van der Waals surface area contributed by atoms with E-state index in [0.29, 0.717) is 36.3 Å². The molecule has 31 heavy (non-hydrogen) atoms. The van der Waals surface area contributed by atoms with E-state index in [-0.39, 0.29) is 12.0 Å². The second-order valence-electron chi connectivity index (χ2n) is 7.93. The minimum Gasteiger partial charge on any atom is -0.445 e. The number of benzene rings is 1. The topological polar surface area (TPSA) is 88.2 Å². The summed E-state index contributed by atoms with van der Waals surface area (Å²) >= 11 is 6.10. The van der Waals surface area contributed by atoms with Crippen molar-refractivity contribution >= 4 is 35.1 Å². The van der Waals surface area contributed by atoms with Crippen molar-refractivity contribution in [3.63, 3.8) is 0 Å². The molecule has 1 heterocycles. The molecule has 166 valence electrons. The van der Waals surface area contributed by atoms with Crippen molar-refractivity contribution in [2.75, 3.05) is 30.3 Å². The number of rotatable bonds is 10. The van der Waals surface area contributed by atoms with Crippen LogP contribution in [-0.2, 0) is 11.2 Å². The molecule has 0 saturated heterocycles. The lowest BCUT2D eigenvalue weighted by Crippen LogP contribution is -2.26. The SMILES string of the molecule is C=CCNc1nc(Nc2cccc(CCNC(=O)OCC=CC(C)(C)C)c2)ncc1Cl. The number of hydrogen-bond acceptors (Lipinski definition) is 6. The van der Waals surface area contributed by atoms with Gasteiger partial charge in [0.25, 0.3) is 0 Å². The fourth-order valence-corrected chi connectivity index (χ4v) is 2.70. The van der Waals surface area contributed by atoms with Gasteiger partial charge in [0, 0.05) is 18.8 Å². The van der Waals surface area contributed by atoms with Crippen LogP contribution in [0.25, 0.3) is 0 Å². The van der Waals surface area contributed by atoms with E-state index < -0.39 is 6.09 Å². The predicted molar refractivity (Wildman–Crippen MR) is 127 cm³/mol. The van der Waals surface area contributed by atoms with Crippen LogP contribution in [0.2, 0.25) is 5.02 Å². The molecule has 0 saturated carbocycles. The van der Waals surface area contributed by atoms with Gasteiger partial charge in [0.15, 0.2) is 5.82 Å². The molecule has 2 rings (SSSR count). The number of alkyl carbamates (subject to hydrolysis) is 1. The highest BCUT2D eigenvalue weighted by molar-refractivity contribution is 6.32. The van der Waals surface area contributed by atoms with Gasteiger partial charge >= 0.3 is 6.09 Å². The maximum atomic E-state index is 11.8. The standard InChI is InChI=1S/C23H30ClN5O2/c1-5-12-25-20-19(24)16-27-21(29-20)28-18-9-6-8-17(15-18)10-13-26-22(30)31-14-7-11-23(2,3)4/h5-9,11,15-16H,1,10,12-14H2,2-4H3,(H,26,30)(H2,25,27,28,29). The smallest absolute Gasteiger partial charge is 0.407 e. The van der Waals surface area contributed by atoms with Crippen LogP contribution >= 0.6 is 11.6 Å². The molecule has 3 N–H and O–H groups in total. The molecular formula is C23H30ClN5O2. The molecule has 7 nitrogen and oxygen atoms in total. The van der Waals surface area contributed by atoms with Crippen LogP contribution in [0.15, 0.2) is 55.3 Å². The Balaban J connectivity index is 1.83. The molecule has 0 bridgehead atoms. The highest BCUT2D eigenvalue weighted by atomic mass is 35.5. The summed E-state index contributed by atoms with van der Waals surface area (Å²) in [6.45, 7) is 11.2. The van der Waals surface area contributed by atoms with Gasteiger partial charge in [0.1, 0.15) is 11.6 Å². The van der Waals surface area contributed by atoms with E-state index in [1.807, 2.05) is 36.4 Å². The Kier molecular flexibility index (Phi) is 9.34. The van der Waals surface area contributed by atoms with E-state index in [1.165, 1.54) is 0 Å². The number of ether oxygens (including phenoxy) is 1. The molecule has 0 radical (unpaired) electrons. The van der Waals surface area contributed by atoms with Gasteiger partial charge in [-0.3, -0.25) is 0 Å². The molecular weight excluding hydrogens is 414 g/mol. The zero-order chi connectivity index (χ0) is 22.7. The predicted octanol–water partition coefficient (Wildman–Crippen LogP) is 5.34. The Morgan fingerprint density at radius 2 is 2.13 bits per heavy atom. The first-order valence-corrected chi connectivity index (χ1v) is 10.5. The number of hydrogen-bond donors (Lipinski definition) is 3. The average molecular weight is 444 g/mol. The van der Waals surface area contributed by atoms with E-state index >= 15 is 0 Å². The van der Waals surface area contributed by atoms with Gasteiger partial charge in [0.2, 0.25) is 5.95 Å². The van der Waals surface area contributed by atoms with Crippen molar-refractivity contribution in [2.45, 2.75) is 27.2 Å². The summed E-state index contributed by atoms with van der Waals surface area (Å²) in [5.74, 6) is 0.966. The lowest BCUT2D eigenvalue weighted by molar-refractivity contribution is 0.158. The summed E-state index contributed by atoms with van der Waals surface area (Å²) < 4.78 is 5.14. The summed E-state index contributed by atoms with van der Waals surface area (Å²) in [6.07, 6.45) is 7.37. The van der Waals surface area contributed by atoms with Crippen LogP contribution in [0, 0.1) is 5.41 Å². The molecule has 2 aromatic rings. The fourth-order valence-electron chi connectivity index (χ4n) is 2.54. The molecule has 0 aliphatic rings. The molecule has 0 spiro atoms. The molecule has 1 aromatic carbocycles. The second kappa shape index (κ2) is 12.0. The summed E-state index contributed by atoms with van der Waals surface area (Å²) in [7, 11) is 0. The van der Waals surface area contributed by atoms with Crippen molar-refractivity contribution in [1.29, 1.82) is 0 Å². The number of halogens is 1. The van der Waals surface area contributed by atoms with Gasteiger partial charge < -0.3 is 20.7 Å². The monoisotopic (exact) mass is 443 g/mol. The van der Waals surface area contributed by atoms with Crippen molar-refractivity contribution in [1.82, 2.24) is 15.3 Å². The normalized spacial score (nSPS) is 11.2. The summed E-state index contributed by atoms with van der Waals surface area (Å²) in [5, 5.41) is 9.43. The minimum atomic E-state index is -0.429. The molecule has 8 heteroatoms. The summed E-state index contributed by atoms with van der Waals surface area (Å²) in [6, 6.07) is 7.82. The maximum absolute atomic E-state index is 11.8. The number of nitrogens with zero attached hydrogens (tertiary/aromatic N) is 2. The van der Waals surface area contributed by atoms with Crippen molar-refractivity contribution in [2.24, 2.45) is 5.41 Å². The van der Waals surface area contributed by atoms with Crippen LogP contribution in [0.3, 0.4) is 0 Å². The van der Waals surface area contributed by atoms with Crippen LogP contribution < -0.4 is 16.0 Å². The average Bonchev–Trinajstić information content (AvgIpc) is 2.71. The molecule has 0 atom stereocenters. The van der Waals surface area contributed by atoms with E-state index in [0.717, 1.165) is 11.3 Å². The van der Waals surface area contributed by atoms with Gasteiger partial charge in [-0.15, -0.1) is 6.58 Å². The van der Waals surface area contributed by atoms with Gasteiger partial charge in [-0.05, 0) is 29.5 Å². The Morgan fingerprint density at radius 1 is 1.32 bits per heavy atom. The van der Waals surface area contributed by atoms with Gasteiger partial charge in [-0.25, -0.2) is 9.78 Å². The van der Waals surface area contributed by atoms with E-state index in [1.54, 1.807) is 12.3 Å². The largest absolute Gasteiger partial charge is 0.445 e. The zero-order valence-electron chi connectivity index (χ0n) is 18.2. The third-order valence-corrected chi connectivity index (χ3v) is 4.23. The molecule has 1 amide bonds. The number of anilines is 3. The molecule has 0 unspecified atom stereocenters. The molecule has 0 fully saturated rings. The number of nitrogens with one attached hydrogen (secondary N) is 3. The Bertz CT molecular complexity index is 909. The van der Waals surface area contributed by atoms with E-state index in [9.17, 15) is 4.79 Å². The first-order chi connectivity index (χ1) is 14.8.